The molecule has 0 saturated carbocycles. The van der Waals surface area contributed by atoms with Gasteiger partial charge in [0.25, 0.3) is 0 Å². The molecule has 1 aromatic carbocycles. The lowest BCUT2D eigenvalue weighted by molar-refractivity contribution is 1.33. The summed E-state index contributed by atoms with van der Waals surface area (Å²) in [7, 11) is 0. The van der Waals surface area contributed by atoms with Gasteiger partial charge in [-0.15, -0.1) is 11.3 Å². The van der Waals surface area contributed by atoms with Crippen molar-refractivity contribution in [2.75, 3.05) is 5.73 Å². The van der Waals surface area contributed by atoms with Gasteiger partial charge in [-0.25, -0.2) is 4.98 Å². The molecule has 19 heavy (non-hydrogen) atoms. The Balaban J connectivity index is 2.27. The number of hydrogen-bond acceptors (Lipinski definition) is 4. The van der Waals surface area contributed by atoms with Gasteiger partial charge in [-0.05, 0) is 36.4 Å². The molecule has 2 N–H and O–H groups in total. The first-order valence-electron chi connectivity index (χ1n) is 6.03. The molecule has 2 aromatic heterocycles. The van der Waals surface area contributed by atoms with E-state index in [1.807, 2.05) is 0 Å². The van der Waals surface area contributed by atoms with Gasteiger partial charge in [-0.3, -0.25) is 0 Å². The molecule has 4 heteroatoms. The number of thiazole rings is 1. The van der Waals surface area contributed by atoms with E-state index in [4.69, 9.17) is 5.73 Å². The summed E-state index contributed by atoms with van der Waals surface area (Å²) in [6.07, 6.45) is 0. The van der Waals surface area contributed by atoms with Gasteiger partial charge in [0.05, 0.1) is 10.6 Å². The summed E-state index contributed by atoms with van der Waals surface area (Å²) < 4.78 is 0. The largest absolute Gasteiger partial charge is 0.375 e. The molecule has 0 aliphatic rings. The van der Waals surface area contributed by atoms with Crippen molar-refractivity contribution in [2.45, 2.75) is 13.8 Å². The van der Waals surface area contributed by atoms with E-state index in [2.05, 4.69) is 54.5 Å². The molecule has 0 fully saturated rings. The van der Waals surface area contributed by atoms with Crippen molar-refractivity contribution in [1.82, 2.24) is 4.98 Å². The first kappa shape index (κ1) is 12.4. The van der Waals surface area contributed by atoms with Crippen molar-refractivity contribution in [2.24, 2.45) is 0 Å². The van der Waals surface area contributed by atoms with Gasteiger partial charge < -0.3 is 5.73 Å². The number of thiophene rings is 1. The standard InChI is InChI=1S/C15H14N2S2/c1-9-5-3-6-10(2)12(9)13-14(19-15(16)17-13)11-7-4-8-18-11/h3-8H,1-2H3,(H2,16,17). The van der Waals surface area contributed by atoms with Crippen LogP contribution in [0.3, 0.4) is 0 Å². The van der Waals surface area contributed by atoms with Gasteiger partial charge in [0, 0.05) is 10.4 Å². The van der Waals surface area contributed by atoms with Crippen LogP contribution >= 0.6 is 22.7 Å². The minimum atomic E-state index is 0.626. The van der Waals surface area contributed by atoms with Crippen LogP contribution in [0.2, 0.25) is 0 Å². The molecule has 2 heterocycles. The van der Waals surface area contributed by atoms with Crippen LogP contribution in [0.5, 0.6) is 0 Å². The molecular formula is C15H14N2S2. The second kappa shape index (κ2) is 4.79. The average Bonchev–Trinajstić information content (AvgIpc) is 2.98. The van der Waals surface area contributed by atoms with Crippen molar-refractivity contribution in [3.63, 3.8) is 0 Å². The van der Waals surface area contributed by atoms with E-state index in [0.29, 0.717) is 5.13 Å². The van der Waals surface area contributed by atoms with Crippen molar-refractivity contribution in [3.8, 4) is 21.0 Å². The van der Waals surface area contributed by atoms with E-state index in [1.165, 1.54) is 26.4 Å². The zero-order valence-electron chi connectivity index (χ0n) is 10.8. The van der Waals surface area contributed by atoms with Crippen LogP contribution in [0.15, 0.2) is 35.7 Å². The smallest absolute Gasteiger partial charge is 0.181 e. The molecular weight excluding hydrogens is 272 g/mol. The molecule has 0 spiro atoms. The highest BCUT2D eigenvalue weighted by molar-refractivity contribution is 7.23. The third-order valence-corrected chi connectivity index (χ3v) is 5.04. The lowest BCUT2D eigenvalue weighted by Crippen LogP contribution is -1.90. The number of anilines is 1. The third-order valence-electron chi connectivity index (χ3n) is 3.11. The van der Waals surface area contributed by atoms with Gasteiger partial charge in [-0.2, -0.15) is 0 Å². The molecule has 3 rings (SSSR count). The SMILES string of the molecule is Cc1cccc(C)c1-c1nc(N)sc1-c1cccs1. The van der Waals surface area contributed by atoms with Gasteiger partial charge in [0.15, 0.2) is 5.13 Å². The number of hydrogen-bond donors (Lipinski definition) is 1. The first-order chi connectivity index (χ1) is 9.16. The Morgan fingerprint density at radius 3 is 2.42 bits per heavy atom. The molecule has 2 nitrogen and oxygen atoms in total. The fourth-order valence-corrected chi connectivity index (χ4v) is 3.96. The predicted octanol–water partition coefficient (Wildman–Crippen LogP) is 4.74. The third kappa shape index (κ3) is 2.17. The Labute approximate surface area is 120 Å². The van der Waals surface area contributed by atoms with E-state index < -0.39 is 0 Å². The average molecular weight is 286 g/mol. The number of aryl methyl sites for hydroxylation is 2. The summed E-state index contributed by atoms with van der Waals surface area (Å²) in [6, 6.07) is 10.5. The number of nitrogens with two attached hydrogens (primary N) is 1. The van der Waals surface area contributed by atoms with Crippen LogP contribution in [0.1, 0.15) is 11.1 Å². The predicted molar refractivity (Wildman–Crippen MR) is 84.7 cm³/mol. The number of aromatic nitrogens is 1. The van der Waals surface area contributed by atoms with E-state index in [0.717, 1.165) is 5.69 Å². The van der Waals surface area contributed by atoms with Crippen molar-refractivity contribution in [3.05, 3.63) is 46.8 Å². The topological polar surface area (TPSA) is 38.9 Å². The van der Waals surface area contributed by atoms with Gasteiger partial charge >= 0.3 is 0 Å². The molecule has 96 valence electrons. The molecule has 0 amide bonds. The zero-order valence-corrected chi connectivity index (χ0v) is 12.4. The van der Waals surface area contributed by atoms with Crippen LogP contribution in [-0.2, 0) is 0 Å². The van der Waals surface area contributed by atoms with Crippen molar-refractivity contribution < 1.29 is 0 Å². The number of nitrogens with zero attached hydrogens (tertiary/aromatic N) is 1. The molecule has 0 atom stereocenters. The summed E-state index contributed by atoms with van der Waals surface area (Å²) in [6.45, 7) is 4.24. The lowest BCUT2D eigenvalue weighted by atomic mass is 9.99. The van der Waals surface area contributed by atoms with E-state index in [-0.39, 0.29) is 0 Å². The van der Waals surface area contributed by atoms with Crippen LogP contribution in [-0.4, -0.2) is 4.98 Å². The van der Waals surface area contributed by atoms with Gasteiger partial charge in [-0.1, -0.05) is 35.6 Å². The quantitative estimate of drug-likeness (QED) is 0.739. The summed E-state index contributed by atoms with van der Waals surface area (Å²) in [4.78, 5) is 6.96. The molecule has 0 saturated heterocycles. The fourth-order valence-electron chi connectivity index (χ4n) is 2.27. The maximum atomic E-state index is 5.94. The van der Waals surface area contributed by atoms with E-state index >= 15 is 0 Å². The highest BCUT2D eigenvalue weighted by Crippen LogP contribution is 2.41. The summed E-state index contributed by atoms with van der Waals surface area (Å²) in [5.74, 6) is 0. The maximum absolute atomic E-state index is 5.94. The molecule has 0 radical (unpaired) electrons. The summed E-state index contributed by atoms with van der Waals surface area (Å²) in [5, 5.41) is 2.71. The highest BCUT2D eigenvalue weighted by Gasteiger charge is 2.17. The zero-order chi connectivity index (χ0) is 13.4. The summed E-state index contributed by atoms with van der Waals surface area (Å²) in [5.41, 5.74) is 10.6. The molecule has 0 bridgehead atoms. The fraction of sp³-hybridized carbons (Fsp3) is 0.133. The summed E-state index contributed by atoms with van der Waals surface area (Å²) >= 11 is 3.29. The number of rotatable bonds is 2. The second-order valence-corrected chi connectivity index (χ2v) is 6.45. The molecule has 3 aromatic rings. The van der Waals surface area contributed by atoms with Gasteiger partial charge in [0.1, 0.15) is 0 Å². The lowest BCUT2D eigenvalue weighted by Gasteiger charge is -2.08. The maximum Gasteiger partial charge on any atom is 0.181 e. The van der Waals surface area contributed by atoms with Crippen LogP contribution in [0, 0.1) is 13.8 Å². The molecule has 0 unspecified atom stereocenters. The normalized spacial score (nSPS) is 10.8. The van der Waals surface area contributed by atoms with Gasteiger partial charge in [0.2, 0.25) is 0 Å². The van der Waals surface area contributed by atoms with Crippen molar-refractivity contribution >= 4 is 27.8 Å². The van der Waals surface area contributed by atoms with Crippen LogP contribution in [0.25, 0.3) is 21.0 Å². The van der Waals surface area contributed by atoms with Crippen LogP contribution < -0.4 is 5.73 Å². The second-order valence-electron chi connectivity index (χ2n) is 4.47. The minimum absolute atomic E-state index is 0.626. The molecule has 0 aliphatic heterocycles. The Kier molecular flexibility index (Phi) is 3.12. The highest BCUT2D eigenvalue weighted by atomic mass is 32.1. The monoisotopic (exact) mass is 286 g/mol. The van der Waals surface area contributed by atoms with E-state index in [9.17, 15) is 0 Å². The molecule has 0 aliphatic carbocycles. The Morgan fingerprint density at radius 2 is 1.79 bits per heavy atom. The Hall–Kier alpha value is -1.65. The first-order valence-corrected chi connectivity index (χ1v) is 7.73. The number of benzene rings is 1. The van der Waals surface area contributed by atoms with E-state index in [1.54, 1.807) is 22.7 Å². The Morgan fingerprint density at radius 1 is 1.05 bits per heavy atom. The van der Waals surface area contributed by atoms with Crippen molar-refractivity contribution in [1.29, 1.82) is 0 Å². The Bertz CT molecular complexity index is 692. The minimum Gasteiger partial charge on any atom is -0.375 e. The number of nitrogen functional groups attached to an aromatic ring is 1. The van der Waals surface area contributed by atoms with Crippen LogP contribution in [0.4, 0.5) is 5.13 Å².